The average molecular weight is 381 g/mol. The van der Waals surface area contributed by atoms with Crippen LogP contribution in [0.15, 0.2) is 48.8 Å². The van der Waals surface area contributed by atoms with E-state index in [-0.39, 0.29) is 30.1 Å². The third kappa shape index (κ3) is 4.06. The summed E-state index contributed by atoms with van der Waals surface area (Å²) >= 11 is 0. The highest BCUT2D eigenvalue weighted by Gasteiger charge is 2.40. The molecule has 2 aliphatic rings. The first kappa shape index (κ1) is 18.6. The van der Waals surface area contributed by atoms with E-state index in [1.165, 1.54) is 12.1 Å². The Morgan fingerprint density at radius 1 is 1.14 bits per heavy atom. The number of carbonyl (C=O) groups excluding carboxylic acids is 2. The van der Waals surface area contributed by atoms with Crippen molar-refractivity contribution in [2.24, 2.45) is 5.92 Å². The zero-order valence-electron chi connectivity index (χ0n) is 15.8. The van der Waals surface area contributed by atoms with Crippen LogP contribution >= 0.6 is 0 Å². The summed E-state index contributed by atoms with van der Waals surface area (Å²) in [6.45, 7) is 1.91. The number of likely N-dealkylation sites (tertiary alicyclic amines) is 2. The molecule has 28 heavy (non-hydrogen) atoms. The van der Waals surface area contributed by atoms with Crippen LogP contribution in [0.5, 0.6) is 0 Å². The van der Waals surface area contributed by atoms with Gasteiger partial charge in [-0.25, -0.2) is 4.39 Å². The number of pyridine rings is 1. The van der Waals surface area contributed by atoms with Crippen LogP contribution in [0, 0.1) is 11.7 Å². The summed E-state index contributed by atoms with van der Waals surface area (Å²) in [4.78, 5) is 33.3. The smallest absolute Gasteiger partial charge is 0.227 e. The fourth-order valence-electron chi connectivity index (χ4n) is 4.36. The highest BCUT2D eigenvalue weighted by atomic mass is 19.1. The molecule has 3 heterocycles. The van der Waals surface area contributed by atoms with Crippen LogP contribution in [0.4, 0.5) is 4.39 Å². The van der Waals surface area contributed by atoms with Crippen LogP contribution in [0.2, 0.25) is 0 Å². The quantitative estimate of drug-likeness (QED) is 0.818. The molecule has 146 valence electrons. The predicted octanol–water partition coefficient (Wildman–Crippen LogP) is 2.80. The van der Waals surface area contributed by atoms with Crippen molar-refractivity contribution >= 4 is 11.8 Å². The minimum Gasteiger partial charge on any atom is -0.342 e. The topological polar surface area (TPSA) is 53.5 Å². The predicted molar refractivity (Wildman–Crippen MR) is 103 cm³/mol. The molecule has 2 atom stereocenters. The molecule has 0 aliphatic carbocycles. The molecule has 0 unspecified atom stereocenters. The number of fused-ring (bicyclic) bond motifs is 1. The van der Waals surface area contributed by atoms with Gasteiger partial charge in [-0.3, -0.25) is 14.6 Å². The molecule has 2 aliphatic heterocycles. The van der Waals surface area contributed by atoms with E-state index in [1.807, 2.05) is 21.9 Å². The first-order valence-corrected chi connectivity index (χ1v) is 9.81. The molecule has 1 aromatic carbocycles. The summed E-state index contributed by atoms with van der Waals surface area (Å²) in [6.07, 6.45) is 5.98. The maximum atomic E-state index is 13.1. The zero-order chi connectivity index (χ0) is 19.5. The van der Waals surface area contributed by atoms with Crippen molar-refractivity contribution in [3.63, 3.8) is 0 Å². The monoisotopic (exact) mass is 381 g/mol. The van der Waals surface area contributed by atoms with E-state index in [1.54, 1.807) is 24.5 Å². The lowest BCUT2D eigenvalue weighted by atomic mass is 9.83. The number of benzene rings is 1. The molecule has 0 radical (unpaired) electrons. The van der Waals surface area contributed by atoms with Crippen molar-refractivity contribution in [1.29, 1.82) is 0 Å². The number of rotatable bonds is 4. The highest BCUT2D eigenvalue weighted by molar-refractivity contribution is 5.80. The minimum absolute atomic E-state index is 0.0702. The summed E-state index contributed by atoms with van der Waals surface area (Å²) < 4.78 is 13.1. The van der Waals surface area contributed by atoms with E-state index in [4.69, 9.17) is 0 Å². The summed E-state index contributed by atoms with van der Waals surface area (Å²) in [5.74, 6) is 0.273. The van der Waals surface area contributed by atoms with Crippen molar-refractivity contribution in [2.75, 3.05) is 13.1 Å². The van der Waals surface area contributed by atoms with Crippen molar-refractivity contribution in [1.82, 2.24) is 14.8 Å². The van der Waals surface area contributed by atoms with Gasteiger partial charge >= 0.3 is 0 Å². The third-order valence-electron chi connectivity index (χ3n) is 5.84. The van der Waals surface area contributed by atoms with Crippen LogP contribution in [0.3, 0.4) is 0 Å². The van der Waals surface area contributed by atoms with E-state index >= 15 is 0 Å². The molecular formula is C22H24FN3O2. The van der Waals surface area contributed by atoms with Crippen LogP contribution in [0.1, 0.15) is 30.4 Å². The van der Waals surface area contributed by atoms with Gasteiger partial charge < -0.3 is 9.80 Å². The molecule has 2 aromatic rings. The molecular weight excluding hydrogens is 357 g/mol. The van der Waals surface area contributed by atoms with Gasteiger partial charge in [0.15, 0.2) is 0 Å². The van der Waals surface area contributed by atoms with E-state index in [0.717, 1.165) is 24.0 Å². The molecule has 0 spiro atoms. The SMILES string of the molecule is O=C(Cc1ccc(F)cc1)N1CC[C@H]2[C@H](CCC(=O)N2Cc2cccnc2)C1. The number of carbonyl (C=O) groups is 2. The van der Waals surface area contributed by atoms with Gasteiger partial charge in [-0.15, -0.1) is 0 Å². The van der Waals surface area contributed by atoms with Gasteiger partial charge in [-0.2, -0.15) is 0 Å². The largest absolute Gasteiger partial charge is 0.342 e. The standard InChI is InChI=1S/C22H24FN3O2/c23-19-6-3-16(4-7-19)12-22(28)25-11-9-20-18(15-25)5-8-21(27)26(20)14-17-2-1-10-24-13-17/h1-4,6-7,10,13,18,20H,5,8-9,11-12,14-15H2/t18-,20+/m1/s1. The third-order valence-corrected chi connectivity index (χ3v) is 5.84. The van der Waals surface area contributed by atoms with Gasteiger partial charge in [0.2, 0.25) is 11.8 Å². The van der Waals surface area contributed by atoms with Crippen molar-refractivity contribution in [2.45, 2.75) is 38.3 Å². The molecule has 0 N–H and O–H groups in total. The lowest BCUT2D eigenvalue weighted by Crippen LogP contribution is -2.56. The summed E-state index contributed by atoms with van der Waals surface area (Å²) in [5.41, 5.74) is 1.86. The Kier molecular flexibility index (Phi) is 5.37. The second-order valence-corrected chi connectivity index (χ2v) is 7.68. The number of hydrogen-bond acceptors (Lipinski definition) is 3. The van der Waals surface area contributed by atoms with Crippen molar-refractivity contribution in [3.8, 4) is 0 Å². The Morgan fingerprint density at radius 2 is 1.96 bits per heavy atom. The molecule has 2 fully saturated rings. The van der Waals surface area contributed by atoms with E-state index < -0.39 is 0 Å². The van der Waals surface area contributed by atoms with Gasteiger partial charge in [0.1, 0.15) is 5.82 Å². The number of nitrogens with zero attached hydrogens (tertiary/aromatic N) is 3. The molecule has 2 amide bonds. The number of piperidine rings is 2. The summed E-state index contributed by atoms with van der Waals surface area (Å²) in [6, 6.07) is 10.2. The fraction of sp³-hybridized carbons (Fsp3) is 0.409. The number of aromatic nitrogens is 1. The van der Waals surface area contributed by atoms with E-state index in [9.17, 15) is 14.0 Å². The van der Waals surface area contributed by atoms with E-state index in [2.05, 4.69) is 4.98 Å². The van der Waals surface area contributed by atoms with Crippen molar-refractivity contribution in [3.05, 3.63) is 65.7 Å². The molecule has 1 aromatic heterocycles. The molecule has 6 heteroatoms. The van der Waals surface area contributed by atoms with Gasteiger partial charge in [-0.1, -0.05) is 18.2 Å². The molecule has 4 rings (SSSR count). The number of halogens is 1. The summed E-state index contributed by atoms with van der Waals surface area (Å²) in [7, 11) is 0. The Labute approximate surface area is 164 Å². The van der Waals surface area contributed by atoms with Gasteiger partial charge in [-0.05, 0) is 48.1 Å². The second-order valence-electron chi connectivity index (χ2n) is 7.68. The van der Waals surface area contributed by atoms with Gasteiger partial charge in [0.25, 0.3) is 0 Å². The Hall–Kier alpha value is -2.76. The Bertz CT molecular complexity index is 841. The lowest BCUT2D eigenvalue weighted by Gasteiger charge is -2.47. The average Bonchev–Trinajstić information content (AvgIpc) is 2.72. The number of amides is 2. The maximum absolute atomic E-state index is 13.1. The van der Waals surface area contributed by atoms with Crippen LogP contribution in [0.25, 0.3) is 0 Å². The van der Waals surface area contributed by atoms with Crippen LogP contribution < -0.4 is 0 Å². The first-order valence-electron chi connectivity index (χ1n) is 9.81. The normalized spacial score (nSPS) is 22.1. The minimum atomic E-state index is -0.294. The molecule has 5 nitrogen and oxygen atoms in total. The first-order chi connectivity index (χ1) is 13.6. The van der Waals surface area contributed by atoms with Crippen molar-refractivity contribution < 1.29 is 14.0 Å². The van der Waals surface area contributed by atoms with Crippen LogP contribution in [-0.2, 0) is 22.6 Å². The van der Waals surface area contributed by atoms with Gasteiger partial charge in [0.05, 0.1) is 6.42 Å². The van der Waals surface area contributed by atoms with Crippen LogP contribution in [-0.4, -0.2) is 45.7 Å². The fourth-order valence-corrected chi connectivity index (χ4v) is 4.36. The maximum Gasteiger partial charge on any atom is 0.227 e. The Morgan fingerprint density at radius 3 is 2.71 bits per heavy atom. The summed E-state index contributed by atoms with van der Waals surface area (Å²) in [5, 5.41) is 0. The lowest BCUT2D eigenvalue weighted by molar-refractivity contribution is -0.144. The van der Waals surface area contributed by atoms with E-state index in [0.29, 0.717) is 32.0 Å². The second kappa shape index (κ2) is 8.09. The number of hydrogen-bond donors (Lipinski definition) is 0. The molecule has 0 bridgehead atoms. The Balaban J connectivity index is 1.40. The van der Waals surface area contributed by atoms with Gasteiger partial charge in [0, 0.05) is 44.5 Å². The highest BCUT2D eigenvalue weighted by Crippen LogP contribution is 2.32. The molecule has 0 saturated carbocycles. The molecule has 2 saturated heterocycles. The zero-order valence-corrected chi connectivity index (χ0v) is 15.8.